The molecule has 25 heavy (non-hydrogen) atoms. The SMILES string of the molecule is CCC(=O)NC(C)Cc1ccc(NC(=O)CC2CCCCCC2)cc1. The molecule has 0 aliphatic heterocycles. The third-order valence-corrected chi connectivity index (χ3v) is 4.96. The van der Waals surface area contributed by atoms with E-state index in [1.165, 1.54) is 38.5 Å². The van der Waals surface area contributed by atoms with Crippen molar-refractivity contribution in [1.29, 1.82) is 0 Å². The van der Waals surface area contributed by atoms with Crippen molar-refractivity contribution >= 4 is 17.5 Å². The molecule has 2 amide bonds. The quantitative estimate of drug-likeness (QED) is 0.718. The molecule has 2 N–H and O–H groups in total. The topological polar surface area (TPSA) is 58.2 Å². The Morgan fingerprint density at radius 3 is 2.28 bits per heavy atom. The zero-order valence-electron chi connectivity index (χ0n) is 15.6. The predicted octanol–water partition coefficient (Wildman–Crippen LogP) is 4.44. The van der Waals surface area contributed by atoms with Gasteiger partial charge in [-0.25, -0.2) is 0 Å². The molecule has 2 rings (SSSR count). The van der Waals surface area contributed by atoms with Crippen LogP contribution in [0.25, 0.3) is 0 Å². The Balaban J connectivity index is 1.79. The molecule has 0 saturated heterocycles. The summed E-state index contributed by atoms with van der Waals surface area (Å²) in [6.45, 7) is 3.87. The summed E-state index contributed by atoms with van der Waals surface area (Å²) < 4.78 is 0. The lowest BCUT2D eigenvalue weighted by molar-refractivity contribution is -0.121. The van der Waals surface area contributed by atoms with E-state index < -0.39 is 0 Å². The Hall–Kier alpha value is -1.84. The maximum absolute atomic E-state index is 12.3. The van der Waals surface area contributed by atoms with Gasteiger partial charge >= 0.3 is 0 Å². The highest BCUT2D eigenvalue weighted by Gasteiger charge is 2.16. The fourth-order valence-corrected chi connectivity index (χ4v) is 3.55. The largest absolute Gasteiger partial charge is 0.353 e. The lowest BCUT2D eigenvalue weighted by atomic mass is 9.96. The van der Waals surface area contributed by atoms with E-state index in [-0.39, 0.29) is 17.9 Å². The van der Waals surface area contributed by atoms with Crippen LogP contribution in [0.2, 0.25) is 0 Å². The van der Waals surface area contributed by atoms with Crippen molar-refractivity contribution in [1.82, 2.24) is 5.32 Å². The molecule has 0 spiro atoms. The van der Waals surface area contributed by atoms with Crippen LogP contribution in [0.4, 0.5) is 5.69 Å². The predicted molar refractivity (Wildman–Crippen MR) is 102 cm³/mol. The fourth-order valence-electron chi connectivity index (χ4n) is 3.55. The van der Waals surface area contributed by atoms with Crippen molar-refractivity contribution in [3.63, 3.8) is 0 Å². The van der Waals surface area contributed by atoms with Crippen LogP contribution in [0.5, 0.6) is 0 Å². The van der Waals surface area contributed by atoms with Gasteiger partial charge in [0.2, 0.25) is 11.8 Å². The fraction of sp³-hybridized carbons (Fsp3) is 0.619. The minimum absolute atomic E-state index is 0.0786. The van der Waals surface area contributed by atoms with E-state index in [9.17, 15) is 9.59 Å². The lowest BCUT2D eigenvalue weighted by Gasteiger charge is -2.15. The first-order valence-corrected chi connectivity index (χ1v) is 9.75. The van der Waals surface area contributed by atoms with Crippen LogP contribution < -0.4 is 10.6 Å². The molecule has 0 heterocycles. The molecule has 1 atom stereocenters. The smallest absolute Gasteiger partial charge is 0.224 e. The Kier molecular flexibility index (Phi) is 7.96. The van der Waals surface area contributed by atoms with Crippen LogP contribution in [0, 0.1) is 5.92 Å². The Bertz CT molecular complexity index is 546. The van der Waals surface area contributed by atoms with Crippen LogP contribution >= 0.6 is 0 Å². The third kappa shape index (κ3) is 7.29. The molecule has 1 aliphatic rings. The van der Waals surface area contributed by atoms with Crippen molar-refractivity contribution in [2.75, 3.05) is 5.32 Å². The molecule has 1 saturated carbocycles. The number of benzene rings is 1. The van der Waals surface area contributed by atoms with Crippen molar-refractivity contribution < 1.29 is 9.59 Å². The zero-order valence-corrected chi connectivity index (χ0v) is 15.6. The summed E-state index contributed by atoms with van der Waals surface area (Å²) in [5.41, 5.74) is 2.01. The third-order valence-electron chi connectivity index (χ3n) is 4.96. The van der Waals surface area contributed by atoms with Crippen LogP contribution in [0.15, 0.2) is 24.3 Å². The number of amides is 2. The van der Waals surface area contributed by atoms with Gasteiger partial charge < -0.3 is 10.6 Å². The first-order valence-electron chi connectivity index (χ1n) is 9.75. The number of nitrogens with one attached hydrogen (secondary N) is 2. The summed E-state index contributed by atoms with van der Waals surface area (Å²) >= 11 is 0. The molecule has 4 heteroatoms. The molecule has 0 radical (unpaired) electrons. The molecular formula is C21H32N2O2. The summed E-state index contributed by atoms with van der Waals surface area (Å²) in [4.78, 5) is 23.7. The van der Waals surface area contributed by atoms with E-state index in [4.69, 9.17) is 0 Å². The molecule has 4 nitrogen and oxygen atoms in total. The second-order valence-corrected chi connectivity index (χ2v) is 7.33. The zero-order chi connectivity index (χ0) is 18.1. The van der Waals surface area contributed by atoms with Gasteiger partial charge in [-0.05, 0) is 49.8 Å². The summed E-state index contributed by atoms with van der Waals surface area (Å²) in [5.74, 6) is 0.753. The van der Waals surface area contributed by atoms with Gasteiger partial charge in [-0.1, -0.05) is 44.7 Å². The Morgan fingerprint density at radius 2 is 1.68 bits per heavy atom. The molecule has 1 aromatic carbocycles. The van der Waals surface area contributed by atoms with Crippen molar-refractivity contribution in [2.24, 2.45) is 5.92 Å². The second-order valence-electron chi connectivity index (χ2n) is 7.33. The van der Waals surface area contributed by atoms with E-state index in [0.29, 0.717) is 18.8 Å². The van der Waals surface area contributed by atoms with Gasteiger partial charge in [0.25, 0.3) is 0 Å². The number of carbonyl (C=O) groups is 2. The van der Waals surface area contributed by atoms with E-state index in [1.807, 2.05) is 38.1 Å². The minimum atomic E-state index is 0.0786. The summed E-state index contributed by atoms with van der Waals surface area (Å²) in [6, 6.07) is 8.07. The average molecular weight is 344 g/mol. The van der Waals surface area contributed by atoms with Gasteiger partial charge in [0.05, 0.1) is 0 Å². The normalized spacial score (nSPS) is 16.7. The Morgan fingerprint density at radius 1 is 1.04 bits per heavy atom. The van der Waals surface area contributed by atoms with Crippen LogP contribution in [0.3, 0.4) is 0 Å². The summed E-state index contributed by atoms with van der Waals surface area (Å²) in [5, 5.41) is 5.99. The maximum atomic E-state index is 12.3. The molecule has 1 fully saturated rings. The van der Waals surface area contributed by atoms with E-state index in [1.54, 1.807) is 0 Å². The van der Waals surface area contributed by atoms with E-state index in [2.05, 4.69) is 10.6 Å². The maximum Gasteiger partial charge on any atom is 0.224 e. The molecule has 1 aromatic rings. The van der Waals surface area contributed by atoms with Crippen LogP contribution in [-0.2, 0) is 16.0 Å². The van der Waals surface area contributed by atoms with Crippen molar-refractivity contribution in [2.45, 2.75) is 77.7 Å². The Labute approximate surface area is 151 Å². The highest BCUT2D eigenvalue weighted by Crippen LogP contribution is 2.25. The number of anilines is 1. The minimum Gasteiger partial charge on any atom is -0.353 e. The molecule has 0 aromatic heterocycles. The van der Waals surface area contributed by atoms with Gasteiger partial charge in [-0.3, -0.25) is 9.59 Å². The van der Waals surface area contributed by atoms with Gasteiger partial charge in [0, 0.05) is 24.6 Å². The highest BCUT2D eigenvalue weighted by atomic mass is 16.2. The van der Waals surface area contributed by atoms with Gasteiger partial charge in [0.15, 0.2) is 0 Å². The molecule has 1 unspecified atom stereocenters. The first-order chi connectivity index (χ1) is 12.1. The average Bonchev–Trinajstić information content (AvgIpc) is 2.85. The van der Waals surface area contributed by atoms with Crippen LogP contribution in [0.1, 0.15) is 70.8 Å². The first kappa shape index (κ1) is 19.5. The van der Waals surface area contributed by atoms with Crippen LogP contribution in [-0.4, -0.2) is 17.9 Å². The number of rotatable bonds is 7. The molecule has 1 aliphatic carbocycles. The van der Waals surface area contributed by atoms with Crippen molar-refractivity contribution in [3.8, 4) is 0 Å². The second kappa shape index (κ2) is 10.2. The molecular weight excluding hydrogens is 312 g/mol. The van der Waals surface area contributed by atoms with Gasteiger partial charge in [-0.15, -0.1) is 0 Å². The van der Waals surface area contributed by atoms with Gasteiger partial charge in [-0.2, -0.15) is 0 Å². The molecule has 138 valence electrons. The number of carbonyl (C=O) groups excluding carboxylic acids is 2. The van der Waals surface area contributed by atoms with Crippen molar-refractivity contribution in [3.05, 3.63) is 29.8 Å². The van der Waals surface area contributed by atoms with Gasteiger partial charge in [0.1, 0.15) is 0 Å². The highest BCUT2D eigenvalue weighted by molar-refractivity contribution is 5.90. The summed E-state index contributed by atoms with van der Waals surface area (Å²) in [6.07, 6.45) is 9.48. The monoisotopic (exact) mass is 344 g/mol. The standard InChI is InChI=1S/C21H32N2O2/c1-3-20(24)22-16(2)14-18-10-12-19(13-11-18)23-21(25)15-17-8-6-4-5-7-9-17/h10-13,16-17H,3-9,14-15H2,1-2H3,(H,22,24)(H,23,25). The lowest BCUT2D eigenvalue weighted by Crippen LogP contribution is -2.33. The van der Waals surface area contributed by atoms with E-state index >= 15 is 0 Å². The number of hydrogen-bond acceptors (Lipinski definition) is 2. The van der Waals surface area contributed by atoms with E-state index in [0.717, 1.165) is 17.7 Å². The summed E-state index contributed by atoms with van der Waals surface area (Å²) in [7, 11) is 0. The number of hydrogen-bond donors (Lipinski definition) is 2. The molecule has 0 bridgehead atoms.